The molecule has 0 amide bonds. The first-order chi connectivity index (χ1) is 11.6. The minimum atomic E-state index is -0.387. The summed E-state index contributed by atoms with van der Waals surface area (Å²) >= 11 is 0. The Morgan fingerprint density at radius 2 is 2.04 bits per heavy atom. The van der Waals surface area contributed by atoms with Gasteiger partial charge in [-0.15, -0.1) is 0 Å². The second kappa shape index (κ2) is 8.86. The van der Waals surface area contributed by atoms with E-state index in [0.717, 1.165) is 24.8 Å². The van der Waals surface area contributed by atoms with E-state index in [2.05, 4.69) is 11.9 Å². The van der Waals surface area contributed by atoms with Crippen molar-refractivity contribution in [3.8, 4) is 11.6 Å². The van der Waals surface area contributed by atoms with Crippen molar-refractivity contribution in [2.24, 2.45) is 0 Å². The first-order valence-corrected chi connectivity index (χ1v) is 8.06. The molecule has 0 N–H and O–H groups in total. The van der Waals surface area contributed by atoms with Crippen molar-refractivity contribution in [2.75, 3.05) is 6.61 Å². The summed E-state index contributed by atoms with van der Waals surface area (Å²) < 4.78 is 11.3. The molecule has 0 bridgehead atoms. The van der Waals surface area contributed by atoms with Gasteiger partial charge in [-0.3, -0.25) is 10.1 Å². The highest BCUT2D eigenvalue weighted by molar-refractivity contribution is 5.44. The lowest BCUT2D eigenvalue weighted by Gasteiger charge is -2.10. The molecule has 128 valence electrons. The number of nitrogens with zero attached hydrogens (tertiary/aromatic N) is 2. The van der Waals surface area contributed by atoms with Crippen LogP contribution >= 0.6 is 0 Å². The van der Waals surface area contributed by atoms with E-state index in [1.807, 2.05) is 6.07 Å². The van der Waals surface area contributed by atoms with Gasteiger partial charge in [-0.2, -0.15) is 0 Å². The fourth-order valence-corrected chi connectivity index (χ4v) is 2.28. The van der Waals surface area contributed by atoms with Crippen LogP contribution in [0.5, 0.6) is 11.6 Å². The Kier molecular flexibility index (Phi) is 6.54. The molecule has 1 heterocycles. The van der Waals surface area contributed by atoms with Crippen molar-refractivity contribution in [3.63, 3.8) is 0 Å². The normalized spacial score (nSPS) is 10.4. The number of nitro groups is 1. The smallest absolute Gasteiger partial charge is 0.272 e. The van der Waals surface area contributed by atoms with E-state index in [4.69, 9.17) is 9.47 Å². The number of rotatable bonds is 9. The number of hydrogen-bond donors (Lipinski definition) is 0. The van der Waals surface area contributed by atoms with Crippen molar-refractivity contribution in [1.82, 2.24) is 4.98 Å². The van der Waals surface area contributed by atoms with Crippen LogP contribution in [0.3, 0.4) is 0 Å². The maximum absolute atomic E-state index is 11.0. The zero-order valence-corrected chi connectivity index (χ0v) is 14.0. The monoisotopic (exact) mass is 330 g/mol. The third-order valence-electron chi connectivity index (χ3n) is 3.71. The van der Waals surface area contributed by atoms with Gasteiger partial charge in [0.15, 0.2) is 0 Å². The van der Waals surface area contributed by atoms with Crippen molar-refractivity contribution in [1.29, 1.82) is 0 Å². The second-order valence-corrected chi connectivity index (χ2v) is 5.49. The molecule has 0 spiro atoms. The van der Waals surface area contributed by atoms with Gasteiger partial charge in [-0.05, 0) is 25.0 Å². The van der Waals surface area contributed by atoms with Gasteiger partial charge in [0.25, 0.3) is 5.69 Å². The van der Waals surface area contributed by atoms with Crippen molar-refractivity contribution >= 4 is 5.69 Å². The van der Waals surface area contributed by atoms with Gasteiger partial charge < -0.3 is 9.47 Å². The number of aromatic nitrogens is 1. The summed E-state index contributed by atoms with van der Waals surface area (Å²) in [6, 6.07) is 8.48. The molecule has 1 aromatic heterocycles. The van der Waals surface area contributed by atoms with Crippen molar-refractivity contribution in [3.05, 3.63) is 57.8 Å². The van der Waals surface area contributed by atoms with E-state index < -0.39 is 0 Å². The number of pyridine rings is 1. The number of hydrogen-bond acceptors (Lipinski definition) is 5. The number of ether oxygens (including phenoxy) is 2. The molecule has 2 aromatic rings. The highest BCUT2D eigenvalue weighted by Gasteiger charge is 2.13. The fourth-order valence-electron chi connectivity index (χ4n) is 2.28. The van der Waals surface area contributed by atoms with Crippen LogP contribution in [0.2, 0.25) is 0 Å². The van der Waals surface area contributed by atoms with Gasteiger partial charge in [-0.1, -0.05) is 31.9 Å². The highest BCUT2D eigenvalue weighted by atomic mass is 16.6. The third kappa shape index (κ3) is 4.94. The van der Waals surface area contributed by atoms with Gasteiger partial charge >= 0.3 is 0 Å². The molecular formula is C18H22N2O4. The molecule has 0 aliphatic heterocycles. The SMILES string of the molecule is CCCCCOc1ccnc(OCc2cccc([N+](=O)[O-])c2C)c1. The summed E-state index contributed by atoms with van der Waals surface area (Å²) in [5, 5.41) is 11.0. The molecule has 0 aliphatic carbocycles. The van der Waals surface area contributed by atoms with Crippen LogP contribution in [0.15, 0.2) is 36.5 Å². The van der Waals surface area contributed by atoms with Crippen molar-refractivity contribution < 1.29 is 14.4 Å². The second-order valence-electron chi connectivity index (χ2n) is 5.49. The summed E-state index contributed by atoms with van der Waals surface area (Å²) in [6.07, 6.45) is 4.93. The zero-order chi connectivity index (χ0) is 17.4. The molecule has 1 aromatic carbocycles. The van der Waals surface area contributed by atoms with Gasteiger partial charge in [0, 0.05) is 23.9 Å². The first kappa shape index (κ1) is 17.7. The molecular weight excluding hydrogens is 308 g/mol. The quantitative estimate of drug-likeness (QED) is 0.386. The fraction of sp³-hybridized carbons (Fsp3) is 0.389. The summed E-state index contributed by atoms with van der Waals surface area (Å²) in [7, 11) is 0. The summed E-state index contributed by atoms with van der Waals surface area (Å²) in [5.41, 5.74) is 1.46. The highest BCUT2D eigenvalue weighted by Crippen LogP contribution is 2.23. The van der Waals surface area contributed by atoms with E-state index in [1.54, 1.807) is 31.3 Å². The standard InChI is InChI=1S/C18H22N2O4/c1-3-4-5-11-23-16-9-10-19-18(12-16)24-13-15-7-6-8-17(14(15)2)20(21)22/h6-10,12H,3-5,11,13H2,1-2H3. The Morgan fingerprint density at radius 3 is 2.79 bits per heavy atom. The lowest BCUT2D eigenvalue weighted by Crippen LogP contribution is -2.02. The van der Waals surface area contributed by atoms with Crippen LogP contribution in [0.25, 0.3) is 0 Å². The summed E-state index contributed by atoms with van der Waals surface area (Å²) in [4.78, 5) is 14.7. The number of nitro benzene ring substituents is 1. The topological polar surface area (TPSA) is 74.5 Å². The predicted molar refractivity (Wildman–Crippen MR) is 91.4 cm³/mol. The van der Waals surface area contributed by atoms with Crippen LogP contribution in [0.4, 0.5) is 5.69 Å². The van der Waals surface area contributed by atoms with Crippen molar-refractivity contribution in [2.45, 2.75) is 39.7 Å². The van der Waals surface area contributed by atoms with Gasteiger partial charge in [0.2, 0.25) is 5.88 Å². The Morgan fingerprint density at radius 1 is 1.21 bits per heavy atom. The van der Waals surface area contributed by atoms with E-state index >= 15 is 0 Å². The molecule has 6 nitrogen and oxygen atoms in total. The Balaban J connectivity index is 1.97. The molecule has 6 heteroatoms. The first-order valence-electron chi connectivity index (χ1n) is 8.06. The maximum Gasteiger partial charge on any atom is 0.272 e. The molecule has 0 saturated heterocycles. The van der Waals surface area contributed by atoms with E-state index in [0.29, 0.717) is 23.8 Å². The molecule has 24 heavy (non-hydrogen) atoms. The van der Waals surface area contributed by atoms with Crippen LogP contribution in [0.1, 0.15) is 37.3 Å². The predicted octanol–water partition coefficient (Wildman–Crippen LogP) is 4.45. The molecule has 0 radical (unpaired) electrons. The van der Waals surface area contributed by atoms with Gasteiger partial charge in [-0.25, -0.2) is 4.98 Å². The number of benzene rings is 1. The van der Waals surface area contributed by atoms with E-state index in [-0.39, 0.29) is 17.2 Å². The van der Waals surface area contributed by atoms with Crippen LogP contribution in [-0.4, -0.2) is 16.5 Å². The Hall–Kier alpha value is -2.63. The van der Waals surface area contributed by atoms with E-state index in [9.17, 15) is 10.1 Å². The summed E-state index contributed by atoms with van der Waals surface area (Å²) in [6.45, 7) is 4.76. The number of unbranched alkanes of at least 4 members (excludes halogenated alkanes) is 2. The van der Waals surface area contributed by atoms with Crippen LogP contribution < -0.4 is 9.47 Å². The molecule has 0 atom stereocenters. The minimum absolute atomic E-state index is 0.0945. The van der Waals surface area contributed by atoms with Crippen LogP contribution in [0, 0.1) is 17.0 Å². The maximum atomic E-state index is 11.0. The summed E-state index contributed by atoms with van der Waals surface area (Å²) in [5.74, 6) is 1.15. The van der Waals surface area contributed by atoms with Gasteiger partial charge in [0.05, 0.1) is 11.5 Å². The third-order valence-corrected chi connectivity index (χ3v) is 3.71. The Labute approximate surface area is 141 Å². The average molecular weight is 330 g/mol. The molecule has 0 saturated carbocycles. The molecule has 2 rings (SSSR count). The molecule has 0 fully saturated rings. The largest absolute Gasteiger partial charge is 0.493 e. The Bertz CT molecular complexity index is 688. The lowest BCUT2D eigenvalue weighted by molar-refractivity contribution is -0.385. The van der Waals surface area contributed by atoms with E-state index in [1.165, 1.54) is 6.07 Å². The molecule has 0 aliphatic rings. The average Bonchev–Trinajstić information content (AvgIpc) is 2.58. The minimum Gasteiger partial charge on any atom is -0.493 e. The lowest BCUT2D eigenvalue weighted by atomic mass is 10.1. The van der Waals surface area contributed by atoms with Crippen LogP contribution in [-0.2, 0) is 6.61 Å². The molecule has 0 unspecified atom stereocenters. The zero-order valence-electron chi connectivity index (χ0n) is 14.0. The van der Waals surface area contributed by atoms with Gasteiger partial charge in [0.1, 0.15) is 12.4 Å².